The fourth-order valence-corrected chi connectivity index (χ4v) is 1.92. The molecule has 8 heteroatoms. The second-order valence-corrected chi connectivity index (χ2v) is 5.25. The molecule has 0 spiro atoms. The van der Waals surface area contributed by atoms with E-state index < -0.39 is 24.4 Å². The summed E-state index contributed by atoms with van der Waals surface area (Å²) in [6.45, 7) is 1.33. The zero-order valence-corrected chi connectivity index (χ0v) is 13.9. The van der Waals surface area contributed by atoms with Gasteiger partial charge in [0.1, 0.15) is 12.4 Å². The van der Waals surface area contributed by atoms with Crippen LogP contribution in [0.3, 0.4) is 0 Å². The SMILES string of the molecule is Cc1cccc(NC(=O)C(=O)N/N=C\c2ccc(OCC(=O)[O-])cc2)c1. The first kappa shape index (κ1) is 18.7. The van der Waals surface area contributed by atoms with Crippen LogP contribution in [-0.2, 0) is 14.4 Å². The molecule has 8 nitrogen and oxygen atoms in total. The second kappa shape index (κ2) is 8.97. The van der Waals surface area contributed by atoms with Gasteiger partial charge in [-0.15, -0.1) is 0 Å². The van der Waals surface area contributed by atoms with Crippen LogP contribution in [0.4, 0.5) is 5.69 Å². The Balaban J connectivity index is 1.84. The predicted molar refractivity (Wildman–Crippen MR) is 92.5 cm³/mol. The van der Waals surface area contributed by atoms with Gasteiger partial charge in [-0.05, 0) is 54.4 Å². The Bertz CT molecular complexity index is 831. The number of amides is 2. The summed E-state index contributed by atoms with van der Waals surface area (Å²) in [6, 6.07) is 13.3. The van der Waals surface area contributed by atoms with Crippen molar-refractivity contribution in [1.29, 1.82) is 0 Å². The van der Waals surface area contributed by atoms with Gasteiger partial charge in [-0.25, -0.2) is 5.43 Å². The van der Waals surface area contributed by atoms with Crippen molar-refractivity contribution < 1.29 is 24.2 Å². The number of hydrogen-bond acceptors (Lipinski definition) is 6. The van der Waals surface area contributed by atoms with E-state index in [9.17, 15) is 19.5 Å². The first-order chi connectivity index (χ1) is 12.4. The van der Waals surface area contributed by atoms with E-state index in [2.05, 4.69) is 15.8 Å². The lowest BCUT2D eigenvalue weighted by atomic mass is 10.2. The van der Waals surface area contributed by atoms with E-state index in [1.165, 1.54) is 18.3 Å². The van der Waals surface area contributed by atoms with Crippen LogP contribution in [0, 0.1) is 6.92 Å². The summed E-state index contributed by atoms with van der Waals surface area (Å²) < 4.78 is 4.93. The van der Waals surface area contributed by atoms with Crippen molar-refractivity contribution in [2.45, 2.75) is 6.92 Å². The average Bonchev–Trinajstić information content (AvgIpc) is 2.61. The summed E-state index contributed by atoms with van der Waals surface area (Å²) >= 11 is 0. The lowest BCUT2D eigenvalue weighted by Crippen LogP contribution is -2.32. The lowest BCUT2D eigenvalue weighted by molar-refractivity contribution is -0.307. The minimum atomic E-state index is -1.32. The number of hydrazone groups is 1. The summed E-state index contributed by atoms with van der Waals surface area (Å²) in [5, 5.41) is 16.5. The Labute approximate surface area is 149 Å². The summed E-state index contributed by atoms with van der Waals surface area (Å²) in [6.07, 6.45) is 1.33. The topological polar surface area (TPSA) is 120 Å². The molecular weight excluding hydrogens is 338 g/mol. The number of nitrogens with zero attached hydrogens (tertiary/aromatic N) is 1. The Morgan fingerprint density at radius 3 is 2.50 bits per heavy atom. The fourth-order valence-electron chi connectivity index (χ4n) is 1.92. The smallest absolute Gasteiger partial charge is 0.329 e. The van der Waals surface area contributed by atoms with E-state index in [1.807, 2.05) is 13.0 Å². The maximum absolute atomic E-state index is 11.8. The lowest BCUT2D eigenvalue weighted by Gasteiger charge is -2.06. The molecule has 0 heterocycles. The standard InChI is InChI=1S/C18H17N3O5/c1-12-3-2-4-14(9-12)20-17(24)18(25)21-19-10-13-5-7-15(8-6-13)26-11-16(22)23/h2-10H,11H2,1H3,(H,20,24)(H,21,25)(H,22,23)/p-1/b19-10-. The van der Waals surface area contributed by atoms with Crippen LogP contribution in [0.25, 0.3) is 0 Å². The molecule has 0 fully saturated rings. The maximum Gasteiger partial charge on any atom is 0.329 e. The van der Waals surface area contributed by atoms with Crippen molar-refractivity contribution in [3.8, 4) is 5.75 Å². The van der Waals surface area contributed by atoms with Gasteiger partial charge in [0.25, 0.3) is 0 Å². The highest BCUT2D eigenvalue weighted by molar-refractivity contribution is 6.39. The molecule has 0 saturated carbocycles. The summed E-state index contributed by atoms with van der Waals surface area (Å²) in [5.41, 5.74) is 4.20. The zero-order chi connectivity index (χ0) is 18.9. The number of carbonyl (C=O) groups is 3. The highest BCUT2D eigenvalue weighted by Crippen LogP contribution is 2.11. The number of carbonyl (C=O) groups excluding carboxylic acids is 3. The van der Waals surface area contributed by atoms with Gasteiger partial charge in [0.05, 0.1) is 12.2 Å². The third-order valence-corrected chi connectivity index (χ3v) is 3.10. The van der Waals surface area contributed by atoms with E-state index in [4.69, 9.17) is 4.74 Å². The minimum absolute atomic E-state index is 0.355. The average molecular weight is 354 g/mol. The number of aryl methyl sites for hydroxylation is 1. The number of carboxylic acid groups (broad SMARTS) is 1. The Hall–Kier alpha value is -3.68. The fraction of sp³-hybridized carbons (Fsp3) is 0.111. The van der Waals surface area contributed by atoms with Crippen molar-refractivity contribution in [2.24, 2.45) is 5.10 Å². The highest BCUT2D eigenvalue weighted by Gasteiger charge is 2.12. The summed E-state index contributed by atoms with van der Waals surface area (Å²) in [5.74, 6) is -2.70. The summed E-state index contributed by atoms with van der Waals surface area (Å²) in [7, 11) is 0. The molecule has 0 unspecified atom stereocenters. The van der Waals surface area contributed by atoms with Crippen LogP contribution < -0.4 is 20.6 Å². The van der Waals surface area contributed by atoms with Gasteiger partial charge in [0, 0.05) is 5.69 Å². The number of ether oxygens (including phenoxy) is 1. The largest absolute Gasteiger partial charge is 0.546 e. The van der Waals surface area contributed by atoms with Crippen LogP contribution in [-0.4, -0.2) is 30.6 Å². The number of carboxylic acids is 1. The third kappa shape index (κ3) is 6.08. The molecule has 2 amide bonds. The van der Waals surface area contributed by atoms with Crippen molar-refractivity contribution in [2.75, 3.05) is 11.9 Å². The van der Waals surface area contributed by atoms with Gasteiger partial charge >= 0.3 is 11.8 Å². The van der Waals surface area contributed by atoms with Gasteiger partial charge in [0.2, 0.25) is 0 Å². The van der Waals surface area contributed by atoms with Crippen LogP contribution in [0.15, 0.2) is 53.6 Å². The van der Waals surface area contributed by atoms with Crippen molar-refractivity contribution in [1.82, 2.24) is 5.43 Å². The molecule has 0 aliphatic rings. The molecule has 0 aliphatic carbocycles. The van der Waals surface area contributed by atoms with Crippen LogP contribution >= 0.6 is 0 Å². The Morgan fingerprint density at radius 2 is 1.85 bits per heavy atom. The van der Waals surface area contributed by atoms with Crippen molar-refractivity contribution in [3.63, 3.8) is 0 Å². The van der Waals surface area contributed by atoms with Gasteiger partial charge in [-0.3, -0.25) is 9.59 Å². The van der Waals surface area contributed by atoms with E-state index in [-0.39, 0.29) is 0 Å². The monoisotopic (exact) mass is 354 g/mol. The molecule has 0 bridgehead atoms. The number of rotatable bonds is 6. The molecule has 0 aliphatic heterocycles. The molecule has 134 valence electrons. The Morgan fingerprint density at radius 1 is 1.12 bits per heavy atom. The first-order valence-electron chi connectivity index (χ1n) is 7.58. The first-order valence-corrected chi connectivity index (χ1v) is 7.58. The maximum atomic E-state index is 11.8. The zero-order valence-electron chi connectivity index (χ0n) is 13.9. The molecule has 2 aromatic rings. The molecule has 26 heavy (non-hydrogen) atoms. The molecule has 0 radical (unpaired) electrons. The highest BCUT2D eigenvalue weighted by atomic mass is 16.5. The summed E-state index contributed by atoms with van der Waals surface area (Å²) in [4.78, 5) is 33.8. The minimum Gasteiger partial charge on any atom is -0.546 e. The number of aliphatic carboxylic acids is 1. The van der Waals surface area contributed by atoms with E-state index in [0.29, 0.717) is 17.0 Å². The normalized spacial score (nSPS) is 10.3. The third-order valence-electron chi connectivity index (χ3n) is 3.10. The Kier molecular flexibility index (Phi) is 6.44. The van der Waals surface area contributed by atoms with Gasteiger partial charge < -0.3 is 20.0 Å². The van der Waals surface area contributed by atoms with Gasteiger partial charge in [-0.2, -0.15) is 5.10 Å². The molecule has 0 atom stereocenters. The quantitative estimate of drug-likeness (QED) is 0.437. The predicted octanol–water partition coefficient (Wildman–Crippen LogP) is 0.213. The van der Waals surface area contributed by atoms with Crippen molar-refractivity contribution >= 4 is 29.7 Å². The van der Waals surface area contributed by atoms with Gasteiger partial charge in [-0.1, -0.05) is 12.1 Å². The molecule has 0 saturated heterocycles. The van der Waals surface area contributed by atoms with Crippen LogP contribution in [0.1, 0.15) is 11.1 Å². The number of anilines is 1. The van der Waals surface area contributed by atoms with Crippen LogP contribution in [0.2, 0.25) is 0 Å². The second-order valence-electron chi connectivity index (χ2n) is 5.25. The molecular formula is C18H16N3O5-. The van der Waals surface area contributed by atoms with E-state index >= 15 is 0 Å². The number of benzene rings is 2. The van der Waals surface area contributed by atoms with Gasteiger partial charge in [0.15, 0.2) is 0 Å². The van der Waals surface area contributed by atoms with Crippen LogP contribution in [0.5, 0.6) is 5.75 Å². The molecule has 2 rings (SSSR count). The van der Waals surface area contributed by atoms with Crippen molar-refractivity contribution in [3.05, 3.63) is 59.7 Å². The number of nitrogens with one attached hydrogen (secondary N) is 2. The molecule has 2 aromatic carbocycles. The number of hydrogen-bond donors (Lipinski definition) is 2. The molecule has 2 N–H and O–H groups in total. The molecule has 0 aromatic heterocycles. The van der Waals surface area contributed by atoms with E-state index in [0.717, 1.165) is 5.56 Å². The van der Waals surface area contributed by atoms with E-state index in [1.54, 1.807) is 30.3 Å².